The molecule has 0 aliphatic rings. The van der Waals surface area contributed by atoms with Crippen molar-refractivity contribution >= 4 is 5.82 Å². The summed E-state index contributed by atoms with van der Waals surface area (Å²) in [5.74, 6) is 0.814. The highest BCUT2D eigenvalue weighted by molar-refractivity contribution is 5.41. The summed E-state index contributed by atoms with van der Waals surface area (Å²) in [5, 5.41) is 9.65. The normalized spacial score (nSPS) is 11.5. The smallest absolute Gasteiger partial charge is 0.149 e. The van der Waals surface area contributed by atoms with Crippen LogP contribution in [0.25, 0.3) is 0 Å². The van der Waals surface area contributed by atoms with Crippen LogP contribution in [0.2, 0.25) is 0 Å². The molecule has 1 heterocycles. The molecule has 0 amide bonds. The minimum Gasteiger partial charge on any atom is -0.389 e. The van der Waals surface area contributed by atoms with Gasteiger partial charge in [0.15, 0.2) is 0 Å². The highest BCUT2D eigenvalue weighted by atomic mass is 16.3. The summed E-state index contributed by atoms with van der Waals surface area (Å²) in [7, 11) is 1.90. The highest BCUT2D eigenvalue weighted by Crippen LogP contribution is 2.14. The molecule has 14 heavy (non-hydrogen) atoms. The molecule has 0 aliphatic carbocycles. The Morgan fingerprint density at radius 1 is 1.36 bits per heavy atom. The average Bonchev–Trinajstić information content (AvgIpc) is 2.01. The van der Waals surface area contributed by atoms with Crippen molar-refractivity contribution in [3.63, 3.8) is 0 Å². The first kappa shape index (κ1) is 10.9. The second kappa shape index (κ2) is 3.92. The summed E-state index contributed by atoms with van der Waals surface area (Å²) in [6.07, 6.45) is 3.32. The van der Waals surface area contributed by atoms with E-state index in [2.05, 4.69) is 9.97 Å². The number of anilines is 1. The van der Waals surface area contributed by atoms with Gasteiger partial charge in [-0.2, -0.15) is 0 Å². The molecular formula is C10H17N3O. The Bertz CT molecular complexity index is 306. The zero-order valence-corrected chi connectivity index (χ0v) is 9.15. The Morgan fingerprint density at radius 3 is 2.43 bits per heavy atom. The third-order valence-corrected chi connectivity index (χ3v) is 1.84. The number of nitrogens with zero attached hydrogens (tertiary/aromatic N) is 3. The van der Waals surface area contributed by atoms with Gasteiger partial charge in [0, 0.05) is 26.0 Å². The summed E-state index contributed by atoms with van der Waals surface area (Å²) < 4.78 is 0. The van der Waals surface area contributed by atoms with Crippen LogP contribution in [0.4, 0.5) is 5.82 Å². The third-order valence-electron chi connectivity index (χ3n) is 1.84. The largest absolute Gasteiger partial charge is 0.389 e. The number of hydrogen-bond acceptors (Lipinski definition) is 4. The molecule has 0 atom stereocenters. The van der Waals surface area contributed by atoms with Crippen LogP contribution in [0.5, 0.6) is 0 Å². The lowest BCUT2D eigenvalue weighted by Crippen LogP contribution is -2.37. The van der Waals surface area contributed by atoms with E-state index in [4.69, 9.17) is 0 Å². The fourth-order valence-corrected chi connectivity index (χ4v) is 1.43. The molecule has 1 aromatic rings. The molecule has 4 nitrogen and oxygen atoms in total. The monoisotopic (exact) mass is 195 g/mol. The number of aliphatic hydroxyl groups is 1. The van der Waals surface area contributed by atoms with E-state index in [-0.39, 0.29) is 0 Å². The molecule has 0 aliphatic heterocycles. The van der Waals surface area contributed by atoms with E-state index in [9.17, 15) is 5.11 Å². The van der Waals surface area contributed by atoms with E-state index in [1.807, 2.05) is 18.9 Å². The van der Waals surface area contributed by atoms with Gasteiger partial charge in [0.2, 0.25) is 0 Å². The van der Waals surface area contributed by atoms with Gasteiger partial charge in [-0.25, -0.2) is 4.98 Å². The van der Waals surface area contributed by atoms with E-state index < -0.39 is 5.60 Å². The number of rotatable bonds is 3. The first-order valence-corrected chi connectivity index (χ1v) is 4.61. The molecular weight excluding hydrogens is 178 g/mol. The molecule has 0 unspecified atom stereocenters. The second-order valence-corrected chi connectivity index (χ2v) is 4.13. The molecule has 1 aromatic heterocycles. The molecule has 1 N–H and O–H groups in total. The van der Waals surface area contributed by atoms with Crippen LogP contribution in [0.1, 0.15) is 19.5 Å². The molecule has 0 aromatic carbocycles. The van der Waals surface area contributed by atoms with Crippen molar-refractivity contribution in [2.45, 2.75) is 26.4 Å². The minimum absolute atomic E-state index is 0.534. The van der Waals surface area contributed by atoms with Crippen molar-refractivity contribution in [2.24, 2.45) is 0 Å². The molecule has 1 rings (SSSR count). The lowest BCUT2D eigenvalue weighted by Gasteiger charge is -2.26. The van der Waals surface area contributed by atoms with Gasteiger partial charge in [-0.15, -0.1) is 0 Å². The SMILES string of the molecule is Cc1nccnc1N(C)CC(C)(C)O. The van der Waals surface area contributed by atoms with Gasteiger partial charge in [0.05, 0.1) is 11.3 Å². The first-order valence-electron chi connectivity index (χ1n) is 4.61. The summed E-state index contributed by atoms with van der Waals surface area (Å²) in [5.41, 5.74) is 0.151. The van der Waals surface area contributed by atoms with Crippen LogP contribution >= 0.6 is 0 Å². The van der Waals surface area contributed by atoms with Crippen molar-refractivity contribution in [1.29, 1.82) is 0 Å². The predicted molar refractivity (Wildman–Crippen MR) is 56.3 cm³/mol. The van der Waals surface area contributed by atoms with Crippen LogP contribution in [-0.2, 0) is 0 Å². The number of hydrogen-bond donors (Lipinski definition) is 1. The first-order chi connectivity index (χ1) is 6.40. The fraction of sp³-hybridized carbons (Fsp3) is 0.600. The fourth-order valence-electron chi connectivity index (χ4n) is 1.43. The maximum Gasteiger partial charge on any atom is 0.149 e. The topological polar surface area (TPSA) is 49.2 Å². The van der Waals surface area contributed by atoms with Crippen molar-refractivity contribution < 1.29 is 5.11 Å². The quantitative estimate of drug-likeness (QED) is 0.781. The molecule has 0 saturated heterocycles. The van der Waals surface area contributed by atoms with Gasteiger partial charge in [0.25, 0.3) is 0 Å². The zero-order chi connectivity index (χ0) is 10.8. The van der Waals surface area contributed by atoms with E-state index in [0.717, 1.165) is 11.5 Å². The number of aryl methyl sites for hydroxylation is 1. The summed E-state index contributed by atoms with van der Waals surface area (Å²) in [6.45, 7) is 5.99. The standard InChI is InChI=1S/C10H17N3O/c1-8-9(12-6-5-11-8)13(4)7-10(2,3)14/h5-6,14H,7H2,1-4H3. The van der Waals surface area contributed by atoms with Gasteiger partial charge in [-0.1, -0.05) is 0 Å². The lowest BCUT2D eigenvalue weighted by atomic mass is 10.1. The van der Waals surface area contributed by atoms with E-state index in [0.29, 0.717) is 6.54 Å². The van der Waals surface area contributed by atoms with Gasteiger partial charge < -0.3 is 10.0 Å². The van der Waals surface area contributed by atoms with Crippen LogP contribution in [0, 0.1) is 6.92 Å². The Labute approximate surface area is 84.6 Å². The van der Waals surface area contributed by atoms with E-state index in [1.54, 1.807) is 26.2 Å². The average molecular weight is 195 g/mol. The maximum absolute atomic E-state index is 9.65. The van der Waals surface area contributed by atoms with Gasteiger partial charge in [0.1, 0.15) is 5.82 Å². The molecule has 0 bridgehead atoms. The van der Waals surface area contributed by atoms with Crippen LogP contribution in [0.15, 0.2) is 12.4 Å². The molecule has 0 radical (unpaired) electrons. The molecule has 78 valence electrons. The summed E-state index contributed by atoms with van der Waals surface area (Å²) >= 11 is 0. The second-order valence-electron chi connectivity index (χ2n) is 4.13. The number of likely N-dealkylation sites (N-methyl/N-ethyl adjacent to an activating group) is 1. The molecule has 0 fully saturated rings. The van der Waals surface area contributed by atoms with Crippen LogP contribution in [-0.4, -0.2) is 34.3 Å². The maximum atomic E-state index is 9.65. The van der Waals surface area contributed by atoms with Gasteiger partial charge >= 0.3 is 0 Å². The lowest BCUT2D eigenvalue weighted by molar-refractivity contribution is 0.0884. The van der Waals surface area contributed by atoms with Crippen molar-refractivity contribution in [1.82, 2.24) is 9.97 Å². The Morgan fingerprint density at radius 2 is 1.93 bits per heavy atom. The minimum atomic E-state index is -0.724. The van der Waals surface area contributed by atoms with E-state index >= 15 is 0 Å². The van der Waals surface area contributed by atoms with Gasteiger partial charge in [-0.05, 0) is 20.8 Å². The number of aromatic nitrogens is 2. The van der Waals surface area contributed by atoms with Crippen molar-refractivity contribution in [3.05, 3.63) is 18.1 Å². The molecule has 0 spiro atoms. The van der Waals surface area contributed by atoms with Crippen molar-refractivity contribution in [3.8, 4) is 0 Å². The van der Waals surface area contributed by atoms with Crippen LogP contribution in [0.3, 0.4) is 0 Å². The zero-order valence-electron chi connectivity index (χ0n) is 9.15. The van der Waals surface area contributed by atoms with Gasteiger partial charge in [-0.3, -0.25) is 4.98 Å². The van der Waals surface area contributed by atoms with Crippen molar-refractivity contribution in [2.75, 3.05) is 18.5 Å². The van der Waals surface area contributed by atoms with E-state index in [1.165, 1.54) is 0 Å². The highest BCUT2D eigenvalue weighted by Gasteiger charge is 2.17. The molecule has 4 heteroatoms. The predicted octanol–water partition coefficient (Wildman–Crippen LogP) is 0.992. The Hall–Kier alpha value is -1.16. The summed E-state index contributed by atoms with van der Waals surface area (Å²) in [4.78, 5) is 10.3. The molecule has 0 saturated carbocycles. The Balaban J connectivity index is 2.80. The summed E-state index contributed by atoms with van der Waals surface area (Å²) in [6, 6.07) is 0. The van der Waals surface area contributed by atoms with Crippen LogP contribution < -0.4 is 4.90 Å². The third kappa shape index (κ3) is 2.96. The Kier molecular flexibility index (Phi) is 3.06.